The molecule has 2 fully saturated rings. The summed E-state index contributed by atoms with van der Waals surface area (Å²) in [5.41, 5.74) is 10.5. The van der Waals surface area contributed by atoms with Crippen molar-refractivity contribution in [2.75, 3.05) is 23.3 Å². The zero-order chi connectivity index (χ0) is 26.4. The molecule has 0 amide bonds. The van der Waals surface area contributed by atoms with Crippen molar-refractivity contribution in [2.24, 2.45) is 5.73 Å². The van der Waals surface area contributed by atoms with Crippen molar-refractivity contribution in [3.8, 4) is 16.9 Å². The van der Waals surface area contributed by atoms with Crippen LogP contribution in [-0.2, 0) is 10.2 Å². The number of aromatic nitrogens is 2. The van der Waals surface area contributed by atoms with E-state index in [4.69, 9.17) is 33.9 Å². The number of aldehydes is 1. The van der Waals surface area contributed by atoms with E-state index < -0.39 is 5.41 Å². The quantitative estimate of drug-likeness (QED) is 0.246. The first kappa shape index (κ1) is 24.9. The number of anilines is 3. The molecule has 7 nitrogen and oxygen atoms in total. The Morgan fingerprint density at radius 3 is 2.50 bits per heavy atom. The SMILES string of the molecule is NC1CCCN(c2ccc(Nc3c(C4(C=O)CC4)cnc4ccc(-c5cc(Cl)c(O)c(Cl)c5)cc34)cn2)C1. The highest BCUT2D eigenvalue weighted by Crippen LogP contribution is 2.51. The van der Waals surface area contributed by atoms with E-state index in [2.05, 4.69) is 15.2 Å². The van der Waals surface area contributed by atoms with Crippen LogP contribution in [0.2, 0.25) is 10.0 Å². The number of rotatable bonds is 6. The second-order valence-corrected chi connectivity index (χ2v) is 11.0. The highest BCUT2D eigenvalue weighted by molar-refractivity contribution is 6.37. The summed E-state index contributed by atoms with van der Waals surface area (Å²) < 4.78 is 0. The molecule has 3 heterocycles. The third-order valence-corrected chi connectivity index (χ3v) is 8.14. The topological polar surface area (TPSA) is 104 Å². The number of phenolic OH excluding ortho intramolecular Hbond substituents is 1. The summed E-state index contributed by atoms with van der Waals surface area (Å²) in [5.74, 6) is 0.758. The van der Waals surface area contributed by atoms with Crippen LogP contribution in [-0.4, -0.2) is 40.5 Å². The van der Waals surface area contributed by atoms with Crippen molar-refractivity contribution in [1.82, 2.24) is 9.97 Å². The van der Waals surface area contributed by atoms with Crippen LogP contribution < -0.4 is 16.0 Å². The maximum Gasteiger partial charge on any atom is 0.152 e. The number of hydrogen-bond acceptors (Lipinski definition) is 7. The van der Waals surface area contributed by atoms with Gasteiger partial charge >= 0.3 is 0 Å². The summed E-state index contributed by atoms with van der Waals surface area (Å²) in [7, 11) is 0. The first-order valence-electron chi connectivity index (χ1n) is 12.7. The highest BCUT2D eigenvalue weighted by atomic mass is 35.5. The van der Waals surface area contributed by atoms with Gasteiger partial charge in [-0.25, -0.2) is 4.98 Å². The summed E-state index contributed by atoms with van der Waals surface area (Å²) >= 11 is 12.4. The van der Waals surface area contributed by atoms with Gasteiger partial charge in [-0.05, 0) is 73.2 Å². The number of carbonyl (C=O) groups excluding carboxylic acids is 1. The van der Waals surface area contributed by atoms with Gasteiger partial charge in [-0.15, -0.1) is 0 Å². The van der Waals surface area contributed by atoms with Crippen LogP contribution >= 0.6 is 23.2 Å². The zero-order valence-electron chi connectivity index (χ0n) is 20.6. The average Bonchev–Trinajstić information content (AvgIpc) is 3.73. The van der Waals surface area contributed by atoms with Crippen LogP contribution in [0.5, 0.6) is 5.75 Å². The molecule has 1 saturated carbocycles. The van der Waals surface area contributed by atoms with Crippen LogP contribution in [0.4, 0.5) is 17.2 Å². The fraction of sp³-hybridized carbons (Fsp3) is 0.276. The molecular formula is C29H27Cl2N5O2. The third kappa shape index (κ3) is 4.55. The Hall–Kier alpha value is -3.39. The molecule has 6 rings (SSSR count). The standard InChI is InChI=1S/C29H27Cl2N5O2/c30-23-11-18(12-24(31)28(23)38)17-3-5-25-21(10-17)27(22(14-33-25)29(16-37)7-8-29)35-20-4-6-26(34-13-20)36-9-1-2-19(32)15-36/h3-6,10-14,16,19,38H,1-2,7-9,15,32H2,(H,33,35). The van der Waals surface area contributed by atoms with Gasteiger partial charge in [-0.3, -0.25) is 4.98 Å². The van der Waals surface area contributed by atoms with Crippen molar-refractivity contribution in [1.29, 1.82) is 0 Å². The second kappa shape index (κ2) is 9.73. The molecule has 1 saturated heterocycles. The molecule has 0 radical (unpaired) electrons. The molecule has 1 aliphatic heterocycles. The van der Waals surface area contributed by atoms with E-state index >= 15 is 0 Å². The minimum atomic E-state index is -0.540. The molecule has 0 spiro atoms. The molecule has 1 aliphatic carbocycles. The van der Waals surface area contributed by atoms with E-state index in [0.717, 1.165) is 89.8 Å². The normalized spacial score (nSPS) is 18.4. The first-order chi connectivity index (χ1) is 18.4. The lowest BCUT2D eigenvalue weighted by Crippen LogP contribution is -2.43. The predicted molar refractivity (Wildman–Crippen MR) is 153 cm³/mol. The van der Waals surface area contributed by atoms with E-state index in [9.17, 15) is 9.90 Å². The van der Waals surface area contributed by atoms with Crippen molar-refractivity contribution in [3.63, 3.8) is 0 Å². The lowest BCUT2D eigenvalue weighted by atomic mass is 9.94. The predicted octanol–water partition coefficient (Wildman–Crippen LogP) is 6.21. The number of aromatic hydroxyl groups is 1. The largest absolute Gasteiger partial charge is 0.505 e. The number of hydrogen-bond donors (Lipinski definition) is 3. The number of fused-ring (bicyclic) bond motifs is 1. The molecule has 194 valence electrons. The number of halogens is 2. The molecule has 1 atom stereocenters. The smallest absolute Gasteiger partial charge is 0.152 e. The summed E-state index contributed by atoms with van der Waals surface area (Å²) in [6, 6.07) is 13.4. The third-order valence-electron chi connectivity index (χ3n) is 7.57. The maximum atomic E-state index is 12.1. The monoisotopic (exact) mass is 547 g/mol. The van der Waals surface area contributed by atoms with Gasteiger partial charge in [-0.2, -0.15) is 0 Å². The lowest BCUT2D eigenvalue weighted by Gasteiger charge is -2.31. The molecule has 1 unspecified atom stereocenters. The molecule has 4 aromatic rings. The van der Waals surface area contributed by atoms with Gasteiger partial charge in [0.25, 0.3) is 0 Å². The highest BCUT2D eigenvalue weighted by Gasteiger charge is 2.46. The van der Waals surface area contributed by atoms with E-state index in [1.807, 2.05) is 36.5 Å². The van der Waals surface area contributed by atoms with Gasteiger partial charge in [0.15, 0.2) is 5.75 Å². The van der Waals surface area contributed by atoms with E-state index in [1.165, 1.54) is 0 Å². The van der Waals surface area contributed by atoms with Crippen LogP contribution in [0.15, 0.2) is 54.9 Å². The molecule has 2 aromatic heterocycles. The van der Waals surface area contributed by atoms with Crippen LogP contribution in [0.3, 0.4) is 0 Å². The van der Waals surface area contributed by atoms with Crippen molar-refractivity contribution < 1.29 is 9.90 Å². The van der Waals surface area contributed by atoms with Gasteiger partial charge in [0.1, 0.15) is 12.1 Å². The summed E-state index contributed by atoms with van der Waals surface area (Å²) in [4.78, 5) is 23.7. The van der Waals surface area contributed by atoms with Crippen molar-refractivity contribution in [2.45, 2.75) is 37.1 Å². The molecule has 2 aliphatic rings. The number of pyridine rings is 2. The number of nitrogens with two attached hydrogens (primary N) is 1. The Labute approximate surface area is 230 Å². The summed E-state index contributed by atoms with van der Waals surface area (Å²) in [6.45, 7) is 1.75. The number of carbonyl (C=O) groups is 1. The first-order valence-corrected chi connectivity index (χ1v) is 13.4. The van der Waals surface area contributed by atoms with Crippen molar-refractivity contribution >= 4 is 57.6 Å². The molecule has 2 aromatic carbocycles. The number of nitrogens with one attached hydrogen (secondary N) is 1. The Bertz CT molecular complexity index is 1520. The Kier molecular flexibility index (Phi) is 6.38. The van der Waals surface area contributed by atoms with E-state index in [1.54, 1.807) is 18.3 Å². The van der Waals surface area contributed by atoms with Crippen LogP contribution in [0.25, 0.3) is 22.0 Å². The molecule has 0 bridgehead atoms. The number of phenols is 1. The Morgan fingerprint density at radius 1 is 1.05 bits per heavy atom. The number of piperidine rings is 1. The zero-order valence-corrected chi connectivity index (χ0v) is 22.1. The average molecular weight is 548 g/mol. The lowest BCUT2D eigenvalue weighted by molar-refractivity contribution is -0.109. The van der Waals surface area contributed by atoms with Gasteiger partial charge in [0.05, 0.1) is 38.5 Å². The minimum Gasteiger partial charge on any atom is -0.505 e. The van der Waals surface area contributed by atoms with E-state index in [0.29, 0.717) is 0 Å². The fourth-order valence-electron chi connectivity index (χ4n) is 5.21. The second-order valence-electron chi connectivity index (χ2n) is 10.2. The van der Waals surface area contributed by atoms with Gasteiger partial charge in [-0.1, -0.05) is 29.3 Å². The molecule has 4 N–H and O–H groups in total. The molecule has 9 heteroatoms. The Morgan fingerprint density at radius 2 is 1.84 bits per heavy atom. The van der Waals surface area contributed by atoms with E-state index in [-0.39, 0.29) is 21.8 Å². The molecular weight excluding hydrogens is 521 g/mol. The summed E-state index contributed by atoms with van der Waals surface area (Å²) in [6.07, 6.45) is 8.32. The molecule has 38 heavy (non-hydrogen) atoms. The maximum absolute atomic E-state index is 12.1. The van der Waals surface area contributed by atoms with Crippen molar-refractivity contribution in [3.05, 3.63) is 70.5 Å². The van der Waals surface area contributed by atoms with Gasteiger partial charge in [0.2, 0.25) is 0 Å². The van der Waals surface area contributed by atoms with Crippen LogP contribution in [0, 0.1) is 0 Å². The van der Waals surface area contributed by atoms with Gasteiger partial charge < -0.3 is 25.9 Å². The van der Waals surface area contributed by atoms with Crippen LogP contribution in [0.1, 0.15) is 31.2 Å². The fourth-order valence-corrected chi connectivity index (χ4v) is 5.70. The minimum absolute atomic E-state index is 0.145. The van der Waals surface area contributed by atoms with Gasteiger partial charge in [0, 0.05) is 36.3 Å². The number of benzene rings is 2. The summed E-state index contributed by atoms with van der Waals surface area (Å²) in [5, 5.41) is 14.8. The Balaban J connectivity index is 1.42. The number of nitrogens with zero attached hydrogens (tertiary/aromatic N) is 3.